The van der Waals surface area contributed by atoms with Crippen LogP contribution in [0.5, 0.6) is 0 Å². The number of piperazine rings is 1. The van der Waals surface area contributed by atoms with E-state index >= 15 is 0 Å². The van der Waals surface area contributed by atoms with Crippen molar-refractivity contribution in [3.8, 4) is 0 Å². The van der Waals surface area contributed by atoms with Gasteiger partial charge in [0, 0.05) is 37.9 Å². The molecule has 0 amide bonds. The van der Waals surface area contributed by atoms with Crippen molar-refractivity contribution in [1.82, 2.24) is 30.0 Å². The van der Waals surface area contributed by atoms with E-state index in [-0.39, 0.29) is 0 Å². The highest BCUT2D eigenvalue weighted by molar-refractivity contribution is 7.99. The summed E-state index contributed by atoms with van der Waals surface area (Å²) in [5.74, 6) is 2.00. The van der Waals surface area contributed by atoms with Crippen LogP contribution in [0.25, 0.3) is 0 Å². The van der Waals surface area contributed by atoms with E-state index in [1.165, 1.54) is 18.1 Å². The number of hydrogen-bond acceptors (Lipinski definition) is 8. The summed E-state index contributed by atoms with van der Waals surface area (Å²) in [5.41, 5.74) is 1.09. The van der Waals surface area contributed by atoms with Gasteiger partial charge in [0.2, 0.25) is 0 Å². The molecule has 1 aliphatic rings. The monoisotopic (exact) mass is 371 g/mol. The average Bonchev–Trinajstić information content (AvgIpc) is 3.35. The van der Waals surface area contributed by atoms with Gasteiger partial charge < -0.3 is 9.32 Å². The summed E-state index contributed by atoms with van der Waals surface area (Å²) < 4.78 is 5.90. The van der Waals surface area contributed by atoms with E-state index in [0.29, 0.717) is 0 Å². The van der Waals surface area contributed by atoms with Gasteiger partial charge in [-0.1, -0.05) is 6.92 Å². The van der Waals surface area contributed by atoms with Crippen molar-refractivity contribution < 1.29 is 4.42 Å². The maximum absolute atomic E-state index is 5.90. The minimum atomic E-state index is 0.732. The third kappa shape index (κ3) is 4.05. The van der Waals surface area contributed by atoms with Gasteiger partial charge in [0.05, 0.1) is 6.54 Å². The van der Waals surface area contributed by atoms with E-state index in [2.05, 4.69) is 47.9 Å². The molecule has 4 rings (SSSR count). The Morgan fingerprint density at radius 2 is 2.00 bits per heavy atom. The first kappa shape index (κ1) is 17.0. The molecule has 0 bridgehead atoms. The Kier molecular flexibility index (Phi) is 5.16. The molecule has 1 aliphatic heterocycles. The van der Waals surface area contributed by atoms with Crippen molar-refractivity contribution in [3.63, 3.8) is 0 Å². The maximum atomic E-state index is 5.90. The van der Waals surface area contributed by atoms with Crippen molar-refractivity contribution >= 4 is 17.6 Å². The summed E-state index contributed by atoms with van der Waals surface area (Å²) in [6.45, 7) is 6.81. The van der Waals surface area contributed by atoms with E-state index < -0.39 is 0 Å². The van der Waals surface area contributed by atoms with Gasteiger partial charge in [0.1, 0.15) is 24.2 Å². The summed E-state index contributed by atoms with van der Waals surface area (Å²) in [7, 11) is 0. The zero-order valence-corrected chi connectivity index (χ0v) is 15.4. The second-order valence-electron chi connectivity index (χ2n) is 6.10. The molecule has 26 heavy (non-hydrogen) atoms. The zero-order valence-electron chi connectivity index (χ0n) is 14.6. The van der Waals surface area contributed by atoms with Gasteiger partial charge in [-0.2, -0.15) is 5.10 Å². The number of aromatic nitrogens is 5. The molecule has 1 saturated heterocycles. The molecule has 1 N–H and O–H groups in total. The molecule has 0 aliphatic carbocycles. The molecule has 0 spiro atoms. The molecule has 8 nitrogen and oxygen atoms in total. The van der Waals surface area contributed by atoms with Crippen LogP contribution < -0.4 is 4.90 Å². The van der Waals surface area contributed by atoms with Crippen molar-refractivity contribution in [2.45, 2.75) is 30.1 Å². The molecule has 1 fully saturated rings. The predicted octanol–water partition coefficient (Wildman–Crippen LogP) is 2.22. The molecule has 0 atom stereocenters. The number of hydrogen-bond donors (Lipinski definition) is 1. The summed E-state index contributed by atoms with van der Waals surface area (Å²) in [4.78, 5) is 17.5. The lowest BCUT2D eigenvalue weighted by Gasteiger charge is -2.35. The molecule has 4 heterocycles. The van der Waals surface area contributed by atoms with Crippen LogP contribution in [0.3, 0.4) is 0 Å². The highest BCUT2D eigenvalue weighted by Crippen LogP contribution is 2.26. The lowest BCUT2D eigenvalue weighted by molar-refractivity contribution is 0.224. The number of aromatic amines is 1. The second kappa shape index (κ2) is 7.88. The Bertz CT molecular complexity index is 827. The average molecular weight is 371 g/mol. The lowest BCUT2D eigenvalue weighted by Crippen LogP contribution is -2.46. The minimum absolute atomic E-state index is 0.732. The van der Waals surface area contributed by atoms with Gasteiger partial charge in [-0.15, -0.1) is 0 Å². The van der Waals surface area contributed by atoms with Crippen LogP contribution in [-0.4, -0.2) is 56.2 Å². The smallest absolute Gasteiger partial charge is 0.191 e. The normalized spacial score (nSPS) is 15.5. The number of nitrogens with zero attached hydrogens (tertiary/aromatic N) is 6. The summed E-state index contributed by atoms with van der Waals surface area (Å²) >= 11 is 1.44. The quantitative estimate of drug-likeness (QED) is 0.706. The number of aryl methyl sites for hydroxylation is 1. The van der Waals surface area contributed by atoms with Crippen LogP contribution in [0.15, 0.2) is 45.5 Å². The predicted molar refractivity (Wildman–Crippen MR) is 98.1 cm³/mol. The van der Waals surface area contributed by atoms with Crippen molar-refractivity contribution in [2.24, 2.45) is 0 Å². The van der Waals surface area contributed by atoms with Crippen LogP contribution in [0.4, 0.5) is 5.82 Å². The fourth-order valence-corrected chi connectivity index (χ4v) is 3.62. The van der Waals surface area contributed by atoms with Crippen LogP contribution in [-0.2, 0) is 13.0 Å². The highest BCUT2D eigenvalue weighted by Gasteiger charge is 2.19. The fourth-order valence-electron chi connectivity index (χ4n) is 2.94. The van der Waals surface area contributed by atoms with Crippen molar-refractivity contribution in [3.05, 3.63) is 42.3 Å². The number of anilines is 1. The van der Waals surface area contributed by atoms with Gasteiger partial charge in [0.25, 0.3) is 0 Å². The standard InChI is InChI=1S/C17H21N7OS/c1-2-13-9-15(19-11-18-13)24-7-5-23(6-8-24)10-14-3-4-16(25-14)26-17-20-12-21-22-17/h3-4,9,11-12H,2,5-8,10H2,1H3,(H,20,21,22). The molecule has 0 radical (unpaired) electrons. The molecule has 0 unspecified atom stereocenters. The minimum Gasteiger partial charge on any atom is -0.453 e. The Labute approximate surface area is 156 Å². The molecule has 0 saturated carbocycles. The topological polar surface area (TPSA) is 87.0 Å². The Morgan fingerprint density at radius 1 is 1.12 bits per heavy atom. The van der Waals surface area contributed by atoms with Gasteiger partial charge in [-0.25, -0.2) is 15.0 Å². The van der Waals surface area contributed by atoms with Crippen LogP contribution in [0, 0.1) is 0 Å². The summed E-state index contributed by atoms with van der Waals surface area (Å²) in [5, 5.41) is 8.22. The second-order valence-corrected chi connectivity index (χ2v) is 7.09. The van der Waals surface area contributed by atoms with Gasteiger partial charge in [-0.05, 0) is 30.3 Å². The number of nitrogens with one attached hydrogen (secondary N) is 1. The van der Waals surface area contributed by atoms with E-state index in [4.69, 9.17) is 4.42 Å². The molecule has 0 aromatic carbocycles. The van der Waals surface area contributed by atoms with Crippen LogP contribution >= 0.6 is 11.8 Å². The van der Waals surface area contributed by atoms with E-state index in [1.54, 1.807) is 6.33 Å². The van der Waals surface area contributed by atoms with Crippen LogP contribution in [0.1, 0.15) is 18.4 Å². The lowest BCUT2D eigenvalue weighted by atomic mass is 10.2. The van der Waals surface area contributed by atoms with Gasteiger partial charge in [0.15, 0.2) is 10.2 Å². The third-order valence-corrected chi connectivity index (χ3v) is 5.19. The summed E-state index contributed by atoms with van der Waals surface area (Å²) in [6, 6.07) is 6.10. The SMILES string of the molecule is CCc1cc(N2CCN(Cc3ccc(Sc4ncn[nH]4)o3)CC2)ncn1. The number of rotatable bonds is 6. The first-order valence-corrected chi connectivity index (χ1v) is 9.52. The molecular formula is C17H21N7OS. The van der Waals surface area contributed by atoms with Crippen molar-refractivity contribution in [1.29, 1.82) is 0 Å². The van der Waals surface area contributed by atoms with Crippen LogP contribution in [0.2, 0.25) is 0 Å². The molecular weight excluding hydrogens is 350 g/mol. The van der Waals surface area contributed by atoms with E-state index in [0.717, 1.165) is 66.7 Å². The summed E-state index contributed by atoms with van der Waals surface area (Å²) in [6.07, 6.45) is 4.09. The van der Waals surface area contributed by atoms with Crippen molar-refractivity contribution in [2.75, 3.05) is 31.1 Å². The Morgan fingerprint density at radius 3 is 2.77 bits per heavy atom. The largest absolute Gasteiger partial charge is 0.453 e. The first-order chi connectivity index (χ1) is 12.8. The fraction of sp³-hybridized carbons (Fsp3) is 0.412. The molecule has 3 aromatic rings. The molecule has 9 heteroatoms. The van der Waals surface area contributed by atoms with E-state index in [9.17, 15) is 0 Å². The maximum Gasteiger partial charge on any atom is 0.191 e. The van der Waals surface area contributed by atoms with E-state index in [1.807, 2.05) is 12.1 Å². The number of H-pyrrole nitrogens is 1. The van der Waals surface area contributed by atoms with Gasteiger partial charge in [-0.3, -0.25) is 10.00 Å². The Hall–Kier alpha value is -2.39. The molecule has 3 aromatic heterocycles. The molecule has 136 valence electrons. The first-order valence-electron chi connectivity index (χ1n) is 8.70. The zero-order chi connectivity index (χ0) is 17.8. The van der Waals surface area contributed by atoms with Gasteiger partial charge >= 0.3 is 0 Å². The third-order valence-electron chi connectivity index (χ3n) is 4.37. The highest BCUT2D eigenvalue weighted by atomic mass is 32.2. The number of furan rings is 1. The Balaban J connectivity index is 1.30.